The number of carbonyl (C=O) groups excluding carboxylic acids is 4. The molecule has 0 aromatic heterocycles. The Morgan fingerprint density at radius 3 is 2.08 bits per heavy atom. The van der Waals surface area contributed by atoms with Crippen LogP contribution in [0.15, 0.2) is 0 Å². The number of alkyl carbamates (subject to hydrolysis) is 1. The van der Waals surface area contributed by atoms with Crippen LogP contribution in [0.3, 0.4) is 0 Å². The van der Waals surface area contributed by atoms with E-state index in [9.17, 15) is 19.2 Å². The van der Waals surface area contributed by atoms with Crippen LogP contribution in [0, 0.1) is 0 Å². The van der Waals surface area contributed by atoms with Crippen LogP contribution in [0.1, 0.15) is 48.5 Å². The van der Waals surface area contributed by atoms with Crippen molar-refractivity contribution in [3.8, 4) is 0 Å². The molecule has 2 rings (SSSR count). The number of likely N-dealkylation sites (N-methyl/N-ethyl adjacent to an activating group) is 2. The van der Waals surface area contributed by atoms with Gasteiger partial charge in [0.25, 0.3) is 0 Å². The van der Waals surface area contributed by atoms with E-state index in [0.29, 0.717) is 12.6 Å². The first-order valence-corrected chi connectivity index (χ1v) is 12.1. The molecule has 0 spiro atoms. The summed E-state index contributed by atoms with van der Waals surface area (Å²) in [6.45, 7) is 17.2. The number of carbonyl (C=O) groups is 4. The molecule has 36 heavy (non-hydrogen) atoms. The molecule has 2 heterocycles. The molecule has 2 aliphatic heterocycles. The number of hydrogen-bond donors (Lipinski definition) is 5. The SMILES string of the molecule is CC(C)N.CCOC(=O)NCC(=O)NC(C)C.C[C@@H]1NC(=O)CNC1=O.C[C@H]1CN(C)CCN1C.Cl. The first kappa shape index (κ1) is 38.4. The van der Waals surface area contributed by atoms with Crippen molar-refractivity contribution in [2.45, 2.75) is 72.6 Å². The Kier molecular flexibility index (Phi) is 23.5. The van der Waals surface area contributed by atoms with Crippen molar-refractivity contribution in [3.63, 3.8) is 0 Å². The third-order valence-corrected chi connectivity index (χ3v) is 4.48. The van der Waals surface area contributed by atoms with E-state index in [1.807, 2.05) is 27.7 Å². The highest BCUT2D eigenvalue weighted by atomic mass is 35.5. The third kappa shape index (κ3) is 23.6. The van der Waals surface area contributed by atoms with Crippen LogP contribution in [-0.4, -0.2) is 111 Å². The lowest BCUT2D eigenvalue weighted by Crippen LogP contribution is -2.54. The molecular formula is C23H50ClN7O5. The van der Waals surface area contributed by atoms with Gasteiger partial charge in [-0.05, 0) is 54.8 Å². The molecule has 0 aromatic carbocycles. The van der Waals surface area contributed by atoms with Gasteiger partial charge in [-0.3, -0.25) is 14.4 Å². The maximum absolute atomic E-state index is 11.0. The first-order valence-electron chi connectivity index (χ1n) is 12.1. The lowest BCUT2D eigenvalue weighted by Gasteiger charge is -2.35. The Hall–Kier alpha value is -2.15. The number of amides is 4. The zero-order valence-electron chi connectivity index (χ0n) is 23.5. The topological polar surface area (TPSA) is 158 Å². The summed E-state index contributed by atoms with van der Waals surface area (Å²) in [5.41, 5.74) is 5.11. The molecule has 0 radical (unpaired) electrons. The van der Waals surface area contributed by atoms with E-state index >= 15 is 0 Å². The number of ether oxygens (including phenoxy) is 1. The second-order valence-electron chi connectivity index (χ2n) is 9.14. The second kappa shape index (κ2) is 22.1. The second-order valence-corrected chi connectivity index (χ2v) is 9.14. The van der Waals surface area contributed by atoms with E-state index in [-0.39, 0.29) is 55.3 Å². The van der Waals surface area contributed by atoms with E-state index in [4.69, 9.17) is 5.73 Å². The first-order chi connectivity index (χ1) is 16.2. The average Bonchev–Trinajstić information content (AvgIpc) is 2.73. The van der Waals surface area contributed by atoms with Crippen LogP contribution in [0.4, 0.5) is 4.79 Å². The minimum atomic E-state index is -0.568. The van der Waals surface area contributed by atoms with Gasteiger partial charge >= 0.3 is 6.09 Å². The summed E-state index contributed by atoms with van der Waals surface area (Å²) in [5.74, 6) is -0.459. The van der Waals surface area contributed by atoms with Crippen LogP contribution in [0.25, 0.3) is 0 Å². The third-order valence-electron chi connectivity index (χ3n) is 4.48. The molecule has 0 bridgehead atoms. The highest BCUT2D eigenvalue weighted by Gasteiger charge is 2.20. The zero-order valence-corrected chi connectivity index (χ0v) is 24.3. The zero-order chi connectivity index (χ0) is 27.6. The number of nitrogens with two attached hydrogens (primary N) is 1. The van der Waals surface area contributed by atoms with Crippen molar-refractivity contribution in [2.24, 2.45) is 5.73 Å². The predicted octanol–water partition coefficient (Wildman–Crippen LogP) is -0.0946. The van der Waals surface area contributed by atoms with Crippen LogP contribution < -0.4 is 27.0 Å². The Morgan fingerprint density at radius 2 is 1.69 bits per heavy atom. The summed E-state index contributed by atoms with van der Waals surface area (Å²) in [6.07, 6.45) is -0.568. The fourth-order valence-electron chi connectivity index (χ4n) is 2.62. The van der Waals surface area contributed by atoms with Crippen molar-refractivity contribution in [2.75, 3.05) is 53.4 Å². The van der Waals surface area contributed by atoms with Gasteiger partial charge in [-0.15, -0.1) is 12.4 Å². The largest absolute Gasteiger partial charge is 0.450 e. The molecule has 0 unspecified atom stereocenters. The summed E-state index contributed by atoms with van der Waals surface area (Å²) in [4.78, 5) is 47.6. The Morgan fingerprint density at radius 1 is 1.14 bits per heavy atom. The maximum Gasteiger partial charge on any atom is 0.407 e. The Balaban J connectivity index is -0.000000423. The van der Waals surface area contributed by atoms with E-state index < -0.39 is 6.09 Å². The van der Waals surface area contributed by atoms with Crippen molar-refractivity contribution < 1.29 is 23.9 Å². The Labute approximate surface area is 223 Å². The van der Waals surface area contributed by atoms with Crippen molar-refractivity contribution in [1.29, 1.82) is 0 Å². The molecule has 0 aromatic rings. The summed E-state index contributed by atoms with van der Waals surface area (Å²) in [6, 6.07) is 0.784. The lowest BCUT2D eigenvalue weighted by molar-refractivity contribution is -0.133. The smallest absolute Gasteiger partial charge is 0.407 e. The molecule has 2 aliphatic rings. The molecule has 2 atom stereocenters. The van der Waals surface area contributed by atoms with Crippen LogP contribution in [0.2, 0.25) is 0 Å². The number of hydrogen-bond acceptors (Lipinski definition) is 8. The molecule has 0 saturated carbocycles. The van der Waals surface area contributed by atoms with Gasteiger partial charge in [0, 0.05) is 31.7 Å². The molecule has 0 aliphatic carbocycles. The monoisotopic (exact) mass is 539 g/mol. The van der Waals surface area contributed by atoms with E-state index in [2.05, 4.69) is 56.8 Å². The summed E-state index contributed by atoms with van der Waals surface area (Å²) in [5, 5.41) is 9.86. The minimum Gasteiger partial charge on any atom is -0.450 e. The van der Waals surface area contributed by atoms with Gasteiger partial charge in [-0.25, -0.2) is 4.79 Å². The number of nitrogens with zero attached hydrogens (tertiary/aromatic N) is 2. The molecule has 2 saturated heterocycles. The molecule has 13 heteroatoms. The fraction of sp³-hybridized carbons (Fsp3) is 0.826. The Bertz CT molecular complexity index is 635. The van der Waals surface area contributed by atoms with Crippen molar-refractivity contribution >= 4 is 36.2 Å². The van der Waals surface area contributed by atoms with Gasteiger partial charge in [-0.2, -0.15) is 0 Å². The van der Waals surface area contributed by atoms with Crippen LogP contribution >= 0.6 is 12.4 Å². The van der Waals surface area contributed by atoms with E-state index in [1.54, 1.807) is 13.8 Å². The maximum atomic E-state index is 11.0. The summed E-state index contributed by atoms with van der Waals surface area (Å²) in [7, 11) is 4.38. The van der Waals surface area contributed by atoms with Gasteiger partial charge < -0.3 is 41.5 Å². The molecule has 2 fully saturated rings. The quantitative estimate of drug-likeness (QED) is 0.331. The van der Waals surface area contributed by atoms with Crippen LogP contribution in [-0.2, 0) is 19.1 Å². The number of piperazine rings is 2. The van der Waals surface area contributed by atoms with Crippen molar-refractivity contribution in [1.82, 2.24) is 31.1 Å². The van der Waals surface area contributed by atoms with Gasteiger partial charge in [-0.1, -0.05) is 13.8 Å². The molecule has 12 nitrogen and oxygen atoms in total. The molecular weight excluding hydrogens is 490 g/mol. The van der Waals surface area contributed by atoms with Gasteiger partial charge in [0.15, 0.2) is 0 Å². The number of halogens is 1. The summed E-state index contributed by atoms with van der Waals surface area (Å²) >= 11 is 0. The standard InChI is InChI=1S/C8H16N2O3.C7H16N2.C5H8N2O2.C3H9N.ClH/c1-4-13-8(12)9-5-7(11)10-6(2)3;1-7-6-8(2)4-5-9(7)3;1-3-5(9)6-2-4(8)7-3;1-3(2)4;/h6H,4-5H2,1-3H3,(H,9,12)(H,10,11);7H,4-6H2,1-3H3;3H,2H2,1H3,(H,6,9)(H,7,8);3H,4H2,1-2H3;1H/t;7-;3-;;/m.00../s1. The number of rotatable bonds is 4. The minimum absolute atomic E-state index is 0. The fourth-order valence-corrected chi connectivity index (χ4v) is 2.62. The summed E-state index contributed by atoms with van der Waals surface area (Å²) < 4.78 is 4.57. The normalized spacial score (nSPS) is 19.4. The van der Waals surface area contributed by atoms with Gasteiger partial charge in [0.1, 0.15) is 12.6 Å². The number of nitrogens with one attached hydrogen (secondary N) is 4. The highest BCUT2D eigenvalue weighted by Crippen LogP contribution is 2.03. The predicted molar refractivity (Wildman–Crippen MR) is 145 cm³/mol. The van der Waals surface area contributed by atoms with E-state index in [1.165, 1.54) is 19.6 Å². The highest BCUT2D eigenvalue weighted by molar-refractivity contribution is 5.94. The average molecular weight is 540 g/mol. The lowest BCUT2D eigenvalue weighted by atomic mass is 10.2. The molecule has 6 N–H and O–H groups in total. The van der Waals surface area contributed by atoms with Gasteiger partial charge in [0.2, 0.25) is 17.7 Å². The van der Waals surface area contributed by atoms with Gasteiger partial charge in [0.05, 0.1) is 13.2 Å². The van der Waals surface area contributed by atoms with Crippen molar-refractivity contribution in [3.05, 3.63) is 0 Å². The van der Waals surface area contributed by atoms with E-state index in [0.717, 1.165) is 6.04 Å². The molecule has 4 amide bonds. The molecule has 214 valence electrons. The van der Waals surface area contributed by atoms with Crippen LogP contribution in [0.5, 0.6) is 0 Å².